The maximum absolute atomic E-state index is 10.2. The summed E-state index contributed by atoms with van der Waals surface area (Å²) in [5, 5.41) is 0. The first-order chi connectivity index (χ1) is 12.6. The number of anilines is 1. The van der Waals surface area contributed by atoms with E-state index in [1.54, 1.807) is 19.2 Å². The van der Waals surface area contributed by atoms with Crippen molar-refractivity contribution in [3.8, 4) is 0 Å². The molecule has 2 rings (SSSR count). The first-order valence-corrected chi connectivity index (χ1v) is 10.4. The molecule has 1 aromatic heterocycles. The van der Waals surface area contributed by atoms with E-state index in [0.29, 0.717) is 11.6 Å². The number of amides is 1. The van der Waals surface area contributed by atoms with Crippen LogP contribution in [0.4, 0.5) is 5.82 Å². The molecule has 0 unspecified atom stereocenters. The number of hydrogen-bond acceptors (Lipinski definition) is 4. The van der Waals surface area contributed by atoms with E-state index in [9.17, 15) is 4.79 Å². The molecule has 5 heteroatoms. The van der Waals surface area contributed by atoms with Crippen molar-refractivity contribution in [1.29, 1.82) is 0 Å². The molecule has 1 amide bonds. The molecule has 5 nitrogen and oxygen atoms in total. The SMILES string of the molecule is CC.CCCCCCC.Cc1nccc(N)n1.O=CN1CCCCCC1. The molecule has 1 saturated heterocycles. The number of rotatable bonds is 5. The Morgan fingerprint density at radius 1 is 1.04 bits per heavy atom. The third-order valence-electron chi connectivity index (χ3n) is 3.79. The Kier molecular flexibility index (Phi) is 21.9. The molecule has 1 aromatic rings. The minimum absolute atomic E-state index is 0.525. The highest BCUT2D eigenvalue weighted by Gasteiger charge is 2.04. The van der Waals surface area contributed by atoms with Crippen molar-refractivity contribution in [1.82, 2.24) is 14.9 Å². The fourth-order valence-electron chi connectivity index (χ4n) is 2.35. The predicted octanol–water partition coefficient (Wildman–Crippen LogP) is 5.39. The van der Waals surface area contributed by atoms with Gasteiger partial charge in [-0.05, 0) is 25.8 Å². The van der Waals surface area contributed by atoms with Crippen molar-refractivity contribution < 1.29 is 4.79 Å². The van der Waals surface area contributed by atoms with Crippen molar-refractivity contribution >= 4 is 12.2 Å². The van der Waals surface area contributed by atoms with Gasteiger partial charge in [-0.25, -0.2) is 9.97 Å². The van der Waals surface area contributed by atoms with Crippen molar-refractivity contribution in [2.45, 2.75) is 92.4 Å². The number of nitrogen functional groups attached to an aromatic ring is 1. The zero-order valence-corrected chi connectivity index (χ0v) is 17.8. The van der Waals surface area contributed by atoms with E-state index in [1.807, 2.05) is 18.7 Å². The molecule has 0 saturated carbocycles. The molecule has 0 bridgehead atoms. The Labute approximate surface area is 161 Å². The van der Waals surface area contributed by atoms with Crippen molar-refractivity contribution in [2.24, 2.45) is 0 Å². The molecule has 152 valence electrons. The van der Waals surface area contributed by atoms with E-state index in [0.717, 1.165) is 19.5 Å². The maximum Gasteiger partial charge on any atom is 0.209 e. The summed E-state index contributed by atoms with van der Waals surface area (Å²) in [4.78, 5) is 19.8. The predicted molar refractivity (Wildman–Crippen MR) is 113 cm³/mol. The summed E-state index contributed by atoms with van der Waals surface area (Å²) >= 11 is 0. The number of carbonyl (C=O) groups is 1. The summed E-state index contributed by atoms with van der Waals surface area (Å²) in [5.41, 5.74) is 5.31. The summed E-state index contributed by atoms with van der Waals surface area (Å²) in [7, 11) is 0. The lowest BCUT2D eigenvalue weighted by molar-refractivity contribution is -0.118. The molecule has 26 heavy (non-hydrogen) atoms. The largest absolute Gasteiger partial charge is 0.384 e. The number of nitrogens with zero attached hydrogens (tertiary/aromatic N) is 3. The van der Waals surface area contributed by atoms with Gasteiger partial charge in [0.25, 0.3) is 0 Å². The second-order valence-corrected chi connectivity index (χ2v) is 6.14. The number of unbranched alkanes of at least 4 members (excludes halogenated alkanes) is 4. The molecule has 1 aliphatic heterocycles. The highest BCUT2D eigenvalue weighted by molar-refractivity contribution is 5.46. The number of aryl methyl sites for hydroxylation is 1. The highest BCUT2D eigenvalue weighted by Crippen LogP contribution is 2.07. The van der Waals surface area contributed by atoms with Gasteiger partial charge in [0, 0.05) is 19.3 Å². The summed E-state index contributed by atoms with van der Waals surface area (Å²) in [6.45, 7) is 12.2. The van der Waals surface area contributed by atoms with Crippen molar-refractivity contribution in [3.63, 3.8) is 0 Å². The first-order valence-electron chi connectivity index (χ1n) is 10.4. The van der Waals surface area contributed by atoms with Crippen molar-refractivity contribution in [3.05, 3.63) is 18.1 Å². The lowest BCUT2D eigenvalue weighted by Crippen LogP contribution is -2.22. The maximum atomic E-state index is 10.2. The van der Waals surface area contributed by atoms with Gasteiger partial charge in [-0.15, -0.1) is 0 Å². The smallest absolute Gasteiger partial charge is 0.209 e. The molecule has 1 fully saturated rings. The molecule has 1 aliphatic rings. The van der Waals surface area contributed by atoms with Crippen LogP contribution in [0.3, 0.4) is 0 Å². The zero-order chi connectivity index (χ0) is 20.0. The first kappa shape index (κ1) is 26.6. The minimum atomic E-state index is 0.525. The van der Waals surface area contributed by atoms with Gasteiger partial charge in [-0.1, -0.05) is 72.6 Å². The van der Waals surface area contributed by atoms with Gasteiger partial charge < -0.3 is 10.6 Å². The Balaban J connectivity index is 0. The molecule has 0 aromatic carbocycles. The number of likely N-dealkylation sites (tertiary alicyclic amines) is 1. The lowest BCUT2D eigenvalue weighted by atomic mass is 10.2. The minimum Gasteiger partial charge on any atom is -0.384 e. The molecule has 0 radical (unpaired) electrons. The van der Waals surface area contributed by atoms with Crippen LogP contribution in [0.5, 0.6) is 0 Å². The molecular formula is C21H42N4O. The molecule has 0 aliphatic carbocycles. The monoisotopic (exact) mass is 366 g/mol. The molecule has 2 heterocycles. The van der Waals surface area contributed by atoms with E-state index in [2.05, 4.69) is 23.8 Å². The van der Waals surface area contributed by atoms with Crippen LogP contribution in [0, 0.1) is 6.92 Å². The molecular weight excluding hydrogens is 324 g/mol. The highest BCUT2D eigenvalue weighted by atomic mass is 16.1. The van der Waals surface area contributed by atoms with Crippen molar-refractivity contribution in [2.75, 3.05) is 18.8 Å². The molecule has 0 spiro atoms. The van der Waals surface area contributed by atoms with Gasteiger partial charge in [-0.3, -0.25) is 4.79 Å². The Morgan fingerprint density at radius 2 is 1.58 bits per heavy atom. The van der Waals surface area contributed by atoms with E-state index in [1.165, 1.54) is 57.8 Å². The zero-order valence-electron chi connectivity index (χ0n) is 17.8. The Bertz CT molecular complexity index is 384. The summed E-state index contributed by atoms with van der Waals surface area (Å²) < 4.78 is 0. The standard InChI is InChI=1S/C7H13NO.C7H16.C5H7N3.C2H6/c9-7-8-5-3-1-2-4-6-8;1-3-5-7-6-4-2;1-4-7-3-2-5(6)8-4;1-2/h7H,1-6H2;3-7H2,1-2H3;2-3H,1H3,(H2,6,7,8);1-2H3. The number of nitrogens with two attached hydrogens (primary N) is 1. The third kappa shape index (κ3) is 18.7. The van der Waals surface area contributed by atoms with Crippen LogP contribution in [-0.2, 0) is 4.79 Å². The average molecular weight is 367 g/mol. The quantitative estimate of drug-likeness (QED) is 0.560. The summed E-state index contributed by atoms with van der Waals surface area (Å²) in [6.07, 6.45) is 14.6. The normalized spacial score (nSPS) is 12.9. The second kappa shape index (κ2) is 21.4. The van der Waals surface area contributed by atoms with Crippen LogP contribution in [0.15, 0.2) is 12.3 Å². The van der Waals surface area contributed by atoms with Crippen LogP contribution < -0.4 is 5.73 Å². The van der Waals surface area contributed by atoms with E-state index in [-0.39, 0.29) is 0 Å². The Hall–Kier alpha value is -1.65. The van der Waals surface area contributed by atoms with Crippen LogP contribution in [0.25, 0.3) is 0 Å². The van der Waals surface area contributed by atoms with Crippen LogP contribution in [0.1, 0.15) is 91.3 Å². The van der Waals surface area contributed by atoms with Gasteiger partial charge in [0.2, 0.25) is 6.41 Å². The van der Waals surface area contributed by atoms with E-state index < -0.39 is 0 Å². The van der Waals surface area contributed by atoms with E-state index in [4.69, 9.17) is 5.73 Å². The van der Waals surface area contributed by atoms with Crippen LogP contribution >= 0.6 is 0 Å². The Morgan fingerprint density at radius 3 is 1.92 bits per heavy atom. The fourth-order valence-corrected chi connectivity index (χ4v) is 2.35. The van der Waals surface area contributed by atoms with Gasteiger partial charge >= 0.3 is 0 Å². The second-order valence-electron chi connectivity index (χ2n) is 6.14. The van der Waals surface area contributed by atoms with Crippen LogP contribution in [-0.4, -0.2) is 34.4 Å². The number of aromatic nitrogens is 2. The summed E-state index contributed by atoms with van der Waals surface area (Å²) in [6, 6.07) is 1.66. The fraction of sp³-hybridized carbons (Fsp3) is 0.762. The third-order valence-corrected chi connectivity index (χ3v) is 3.79. The van der Waals surface area contributed by atoms with Gasteiger partial charge in [0.05, 0.1) is 0 Å². The van der Waals surface area contributed by atoms with Crippen LogP contribution in [0.2, 0.25) is 0 Å². The molecule has 2 N–H and O–H groups in total. The van der Waals surface area contributed by atoms with Gasteiger partial charge in [0.15, 0.2) is 0 Å². The van der Waals surface area contributed by atoms with Gasteiger partial charge in [-0.2, -0.15) is 0 Å². The summed E-state index contributed by atoms with van der Waals surface area (Å²) in [5.74, 6) is 1.24. The van der Waals surface area contributed by atoms with Gasteiger partial charge in [0.1, 0.15) is 11.6 Å². The average Bonchev–Trinajstić information content (AvgIpc) is 2.94. The van der Waals surface area contributed by atoms with E-state index >= 15 is 0 Å². The number of hydrogen-bond donors (Lipinski definition) is 1. The number of carbonyl (C=O) groups excluding carboxylic acids is 1. The lowest BCUT2D eigenvalue weighted by Gasteiger charge is -2.11. The topological polar surface area (TPSA) is 72.1 Å². The molecule has 0 atom stereocenters.